The van der Waals surface area contributed by atoms with E-state index in [-0.39, 0.29) is 19.5 Å². The van der Waals surface area contributed by atoms with Crippen molar-refractivity contribution < 1.29 is 28.3 Å². The van der Waals surface area contributed by atoms with Gasteiger partial charge in [-0.1, -0.05) is 0 Å². The second-order valence-corrected chi connectivity index (χ2v) is 1.95. The molecule has 0 bridgehead atoms. The molecular weight excluding hydrogens is 187 g/mol. The van der Waals surface area contributed by atoms with E-state index in [4.69, 9.17) is 0 Å². The van der Waals surface area contributed by atoms with Crippen LogP contribution in [-0.2, 0) is 19.5 Å². The van der Waals surface area contributed by atoms with Crippen LogP contribution in [0.1, 0.15) is 5.56 Å². The molecule has 50 valence electrons. The van der Waals surface area contributed by atoms with Crippen LogP contribution < -0.4 is 0 Å². The molecule has 0 N–H and O–H groups in total. The molecule has 0 aliphatic carbocycles. The van der Waals surface area contributed by atoms with E-state index in [1.807, 2.05) is 0 Å². The topological polar surface area (TPSA) is 0 Å². The molecule has 1 aromatic rings. The van der Waals surface area contributed by atoms with E-state index in [9.17, 15) is 8.78 Å². The molecule has 0 aromatic heterocycles. The molecule has 0 saturated carbocycles. The zero-order valence-electron chi connectivity index (χ0n) is 5.70. The van der Waals surface area contributed by atoms with Crippen molar-refractivity contribution >= 4 is 0 Å². The molecule has 0 amide bonds. The zero-order chi connectivity index (χ0) is 6.85. The summed E-state index contributed by atoms with van der Waals surface area (Å²) in [6.07, 6.45) is 0. The maximum absolute atomic E-state index is 12.2. The van der Waals surface area contributed by atoms with Crippen LogP contribution in [0.5, 0.6) is 0 Å². The predicted molar refractivity (Wildman–Crippen MR) is 31.1 cm³/mol. The maximum atomic E-state index is 12.2. The van der Waals surface area contributed by atoms with E-state index in [0.717, 1.165) is 6.07 Å². The molecule has 0 fully saturated rings. The first-order valence-electron chi connectivity index (χ1n) is 2.61. The Morgan fingerprint density at radius 3 is 1.70 bits per heavy atom. The van der Waals surface area contributed by atoms with E-state index in [2.05, 4.69) is 0 Å². The van der Waals surface area contributed by atoms with Gasteiger partial charge in [0, 0.05) is 25.5 Å². The molecule has 3 heteroatoms. The number of halogens is 2. The van der Waals surface area contributed by atoms with E-state index >= 15 is 0 Å². The van der Waals surface area contributed by atoms with Crippen LogP contribution in [0, 0.1) is 18.6 Å². The Morgan fingerprint density at radius 1 is 1.00 bits per heavy atom. The van der Waals surface area contributed by atoms with Crippen LogP contribution in [0.2, 0.25) is 0 Å². The minimum atomic E-state index is -0.521. The van der Waals surface area contributed by atoms with Crippen molar-refractivity contribution in [3.63, 3.8) is 0 Å². The van der Waals surface area contributed by atoms with Gasteiger partial charge in [0.2, 0.25) is 0 Å². The normalized spacial score (nSPS) is 8.70. The Labute approximate surface area is 71.0 Å². The van der Waals surface area contributed by atoms with Gasteiger partial charge >= 0.3 is 0 Å². The van der Waals surface area contributed by atoms with Gasteiger partial charge < -0.3 is 0 Å². The summed E-state index contributed by atoms with van der Waals surface area (Å²) in [5, 5.41) is 0. The molecule has 0 unspecified atom stereocenters. The monoisotopic (exact) mass is 192 g/mol. The van der Waals surface area contributed by atoms with Gasteiger partial charge in [0.1, 0.15) is 11.6 Å². The third-order valence-corrected chi connectivity index (χ3v) is 1.01. The van der Waals surface area contributed by atoms with E-state index in [1.54, 1.807) is 6.92 Å². The summed E-state index contributed by atoms with van der Waals surface area (Å²) >= 11 is 0. The first-order valence-corrected chi connectivity index (χ1v) is 2.61. The Morgan fingerprint density at radius 2 is 1.40 bits per heavy atom. The average molecular weight is 194 g/mol. The third-order valence-electron chi connectivity index (χ3n) is 1.01. The van der Waals surface area contributed by atoms with E-state index in [0.29, 0.717) is 5.56 Å². The Hall–Kier alpha value is -0.297. The van der Waals surface area contributed by atoms with Crippen LogP contribution in [0.25, 0.3) is 0 Å². The van der Waals surface area contributed by atoms with Crippen LogP contribution in [0.3, 0.4) is 0 Å². The molecule has 0 saturated heterocycles. The van der Waals surface area contributed by atoms with Gasteiger partial charge in [-0.25, -0.2) is 8.78 Å². The SMILES string of the molecule is Cc1cc(F)cc(F)c1.[Zn]. The van der Waals surface area contributed by atoms with Crippen molar-refractivity contribution in [1.82, 2.24) is 0 Å². The quantitative estimate of drug-likeness (QED) is 0.555. The fourth-order valence-electron chi connectivity index (χ4n) is 0.692. The fraction of sp³-hybridized carbons (Fsp3) is 0.143. The number of rotatable bonds is 0. The maximum Gasteiger partial charge on any atom is 0.126 e. The summed E-state index contributed by atoms with van der Waals surface area (Å²) in [5.74, 6) is -1.04. The molecule has 0 heterocycles. The number of hydrogen-bond acceptors (Lipinski definition) is 0. The number of hydrogen-bond donors (Lipinski definition) is 0. The minimum Gasteiger partial charge on any atom is -0.207 e. The minimum absolute atomic E-state index is 0. The fourth-order valence-corrected chi connectivity index (χ4v) is 0.692. The molecule has 0 atom stereocenters. The second kappa shape index (κ2) is 3.77. The van der Waals surface area contributed by atoms with Crippen LogP contribution in [0.15, 0.2) is 18.2 Å². The molecule has 10 heavy (non-hydrogen) atoms. The standard InChI is InChI=1S/C7H6F2.Zn/c1-5-2-6(8)4-7(9)3-5;/h2-4H,1H3;. The van der Waals surface area contributed by atoms with Gasteiger partial charge in [-0.3, -0.25) is 0 Å². The zero-order valence-corrected chi connectivity index (χ0v) is 8.66. The molecule has 0 radical (unpaired) electrons. The van der Waals surface area contributed by atoms with Gasteiger partial charge in [0.15, 0.2) is 0 Å². The first kappa shape index (κ1) is 9.70. The van der Waals surface area contributed by atoms with Gasteiger partial charge in [-0.2, -0.15) is 0 Å². The van der Waals surface area contributed by atoms with Crippen molar-refractivity contribution in [3.05, 3.63) is 35.4 Å². The Balaban J connectivity index is 0.000000810. The molecule has 0 nitrogen and oxygen atoms in total. The summed E-state index contributed by atoms with van der Waals surface area (Å²) < 4.78 is 24.4. The largest absolute Gasteiger partial charge is 0.207 e. The van der Waals surface area contributed by atoms with Crippen molar-refractivity contribution in [2.75, 3.05) is 0 Å². The van der Waals surface area contributed by atoms with Crippen molar-refractivity contribution in [1.29, 1.82) is 0 Å². The summed E-state index contributed by atoms with van der Waals surface area (Å²) in [4.78, 5) is 0. The number of benzene rings is 1. The first-order chi connectivity index (χ1) is 4.18. The van der Waals surface area contributed by atoms with Crippen molar-refractivity contribution in [2.24, 2.45) is 0 Å². The Kier molecular flexibility index (Phi) is 3.66. The third kappa shape index (κ3) is 2.53. The number of aryl methyl sites for hydroxylation is 1. The molecule has 1 rings (SSSR count). The van der Waals surface area contributed by atoms with Gasteiger partial charge in [-0.05, 0) is 24.6 Å². The van der Waals surface area contributed by atoms with Gasteiger partial charge in [0.25, 0.3) is 0 Å². The summed E-state index contributed by atoms with van der Waals surface area (Å²) in [5.41, 5.74) is 0.604. The van der Waals surface area contributed by atoms with Crippen LogP contribution in [0.4, 0.5) is 8.78 Å². The van der Waals surface area contributed by atoms with Crippen molar-refractivity contribution in [3.8, 4) is 0 Å². The van der Waals surface area contributed by atoms with Gasteiger partial charge in [0.05, 0.1) is 0 Å². The Bertz CT molecular complexity index is 172. The molecular formula is C7H6F2Zn. The summed E-state index contributed by atoms with van der Waals surface area (Å²) in [6.45, 7) is 1.64. The summed E-state index contributed by atoms with van der Waals surface area (Å²) in [7, 11) is 0. The predicted octanol–water partition coefficient (Wildman–Crippen LogP) is 2.27. The molecule has 0 spiro atoms. The molecule has 0 aliphatic heterocycles. The summed E-state index contributed by atoms with van der Waals surface area (Å²) in [6, 6.07) is 3.42. The smallest absolute Gasteiger partial charge is 0.126 e. The van der Waals surface area contributed by atoms with Crippen LogP contribution in [-0.4, -0.2) is 0 Å². The van der Waals surface area contributed by atoms with E-state index in [1.165, 1.54) is 12.1 Å². The van der Waals surface area contributed by atoms with E-state index < -0.39 is 11.6 Å². The van der Waals surface area contributed by atoms with Crippen LogP contribution >= 0.6 is 0 Å². The average Bonchev–Trinajstić information content (AvgIpc) is 1.59. The second-order valence-electron chi connectivity index (χ2n) is 1.95. The van der Waals surface area contributed by atoms with Gasteiger partial charge in [-0.15, -0.1) is 0 Å². The molecule has 1 aromatic carbocycles. The van der Waals surface area contributed by atoms with Crippen molar-refractivity contribution in [2.45, 2.75) is 6.92 Å². The molecule has 0 aliphatic rings.